The van der Waals surface area contributed by atoms with Crippen LogP contribution in [0.25, 0.3) is 0 Å². The summed E-state index contributed by atoms with van der Waals surface area (Å²) in [6.07, 6.45) is -0.301. The van der Waals surface area contributed by atoms with Crippen molar-refractivity contribution in [3.05, 3.63) is 57.6 Å². The summed E-state index contributed by atoms with van der Waals surface area (Å²) in [4.78, 5) is 0. The first-order valence-electron chi connectivity index (χ1n) is 6.39. The number of hydrogen-bond acceptors (Lipinski definition) is 3. The van der Waals surface area contributed by atoms with E-state index in [1.54, 1.807) is 31.4 Å². The fourth-order valence-electron chi connectivity index (χ4n) is 2.08. The van der Waals surface area contributed by atoms with Gasteiger partial charge in [-0.3, -0.25) is 0 Å². The minimum Gasteiger partial charge on any atom is -0.493 e. The van der Waals surface area contributed by atoms with Crippen LogP contribution in [0.1, 0.15) is 17.2 Å². The highest BCUT2D eigenvalue weighted by Crippen LogP contribution is 2.36. The van der Waals surface area contributed by atoms with Crippen molar-refractivity contribution in [2.75, 3.05) is 14.2 Å². The van der Waals surface area contributed by atoms with Crippen LogP contribution < -0.4 is 9.47 Å². The molecule has 0 aromatic heterocycles. The van der Waals surface area contributed by atoms with E-state index in [1.807, 2.05) is 12.1 Å². The first-order valence-corrected chi connectivity index (χ1v) is 7.14. The van der Waals surface area contributed by atoms with Gasteiger partial charge in [0.1, 0.15) is 0 Å². The predicted octanol–water partition coefficient (Wildman–Crippen LogP) is 4.29. The molecule has 21 heavy (non-hydrogen) atoms. The van der Waals surface area contributed by atoms with E-state index < -0.39 is 6.10 Å². The molecular weight excluding hydrogens is 311 g/mol. The molecule has 1 unspecified atom stereocenters. The fraction of sp³-hybridized carbons (Fsp3) is 0.250. The molecule has 0 amide bonds. The van der Waals surface area contributed by atoms with Gasteiger partial charge in [0.25, 0.3) is 0 Å². The number of aliphatic hydroxyl groups excluding tert-OH is 1. The predicted molar refractivity (Wildman–Crippen MR) is 84.7 cm³/mol. The summed E-state index contributed by atoms with van der Waals surface area (Å²) in [5, 5.41) is 11.5. The van der Waals surface area contributed by atoms with Crippen LogP contribution in [0.4, 0.5) is 0 Å². The van der Waals surface area contributed by atoms with Gasteiger partial charge in [-0.1, -0.05) is 35.3 Å². The van der Waals surface area contributed by atoms with Crippen LogP contribution in [0.2, 0.25) is 10.0 Å². The minimum absolute atomic E-state index is 0.437. The van der Waals surface area contributed by atoms with E-state index in [1.165, 1.54) is 7.11 Å². The van der Waals surface area contributed by atoms with Gasteiger partial charge in [0.15, 0.2) is 11.5 Å². The van der Waals surface area contributed by atoms with Gasteiger partial charge in [-0.05, 0) is 23.8 Å². The molecule has 2 aromatic carbocycles. The molecule has 2 rings (SSSR count). The number of ether oxygens (including phenoxy) is 2. The average Bonchev–Trinajstić information content (AvgIpc) is 2.49. The van der Waals surface area contributed by atoms with Crippen molar-refractivity contribution in [2.24, 2.45) is 0 Å². The summed E-state index contributed by atoms with van der Waals surface area (Å²) in [5.41, 5.74) is 1.57. The summed E-state index contributed by atoms with van der Waals surface area (Å²) in [5.74, 6) is 1.07. The molecule has 0 saturated heterocycles. The SMILES string of the molecule is COc1cc(Cl)c(C(O)Cc2ccc(Cl)cc2)cc1OC. The van der Waals surface area contributed by atoms with Gasteiger partial charge in [0.2, 0.25) is 0 Å². The van der Waals surface area contributed by atoms with Crippen molar-refractivity contribution in [3.63, 3.8) is 0 Å². The number of aliphatic hydroxyl groups is 1. The summed E-state index contributed by atoms with van der Waals surface area (Å²) < 4.78 is 10.4. The molecule has 0 radical (unpaired) electrons. The summed E-state index contributed by atoms with van der Waals surface area (Å²) >= 11 is 12.1. The summed E-state index contributed by atoms with van der Waals surface area (Å²) in [6, 6.07) is 10.7. The Bertz CT molecular complexity index is 612. The molecule has 0 spiro atoms. The molecule has 3 nitrogen and oxygen atoms in total. The van der Waals surface area contributed by atoms with Gasteiger partial charge in [-0.2, -0.15) is 0 Å². The van der Waals surface area contributed by atoms with Crippen LogP contribution in [-0.4, -0.2) is 19.3 Å². The lowest BCUT2D eigenvalue weighted by atomic mass is 10.0. The van der Waals surface area contributed by atoms with E-state index in [-0.39, 0.29) is 0 Å². The Balaban J connectivity index is 2.26. The highest BCUT2D eigenvalue weighted by Gasteiger charge is 2.17. The van der Waals surface area contributed by atoms with E-state index in [0.29, 0.717) is 33.5 Å². The van der Waals surface area contributed by atoms with E-state index in [2.05, 4.69) is 0 Å². The molecule has 0 saturated carbocycles. The Morgan fingerprint density at radius 3 is 2.14 bits per heavy atom. The molecule has 1 atom stereocenters. The van der Waals surface area contributed by atoms with Gasteiger partial charge < -0.3 is 14.6 Å². The highest BCUT2D eigenvalue weighted by atomic mass is 35.5. The third-order valence-electron chi connectivity index (χ3n) is 3.20. The molecule has 112 valence electrons. The van der Waals surface area contributed by atoms with Crippen molar-refractivity contribution in [2.45, 2.75) is 12.5 Å². The third kappa shape index (κ3) is 3.82. The summed E-state index contributed by atoms with van der Waals surface area (Å²) in [6.45, 7) is 0. The molecule has 0 aliphatic rings. The Labute approximate surface area is 134 Å². The monoisotopic (exact) mass is 326 g/mol. The normalized spacial score (nSPS) is 12.0. The lowest BCUT2D eigenvalue weighted by Crippen LogP contribution is -2.04. The molecule has 0 heterocycles. The third-order valence-corrected chi connectivity index (χ3v) is 3.78. The Morgan fingerprint density at radius 2 is 1.57 bits per heavy atom. The Morgan fingerprint density at radius 1 is 1.00 bits per heavy atom. The maximum atomic E-state index is 10.4. The van der Waals surface area contributed by atoms with Crippen LogP contribution in [0, 0.1) is 0 Å². The first kappa shape index (κ1) is 16.0. The molecule has 1 N–H and O–H groups in total. The molecular formula is C16H16Cl2O3. The van der Waals surface area contributed by atoms with Crippen LogP contribution in [0.15, 0.2) is 36.4 Å². The second kappa shape index (κ2) is 7.03. The first-order chi connectivity index (χ1) is 10.0. The lowest BCUT2D eigenvalue weighted by Gasteiger charge is -2.16. The van der Waals surface area contributed by atoms with Gasteiger partial charge in [-0.25, -0.2) is 0 Å². The molecule has 5 heteroatoms. The van der Waals surface area contributed by atoms with Crippen LogP contribution in [0.3, 0.4) is 0 Å². The maximum Gasteiger partial charge on any atom is 0.162 e. The molecule has 2 aromatic rings. The van der Waals surface area contributed by atoms with Gasteiger partial charge >= 0.3 is 0 Å². The maximum absolute atomic E-state index is 10.4. The van der Waals surface area contributed by atoms with E-state index in [0.717, 1.165) is 5.56 Å². The van der Waals surface area contributed by atoms with Crippen molar-refractivity contribution in [1.82, 2.24) is 0 Å². The largest absolute Gasteiger partial charge is 0.493 e. The number of hydrogen-bond donors (Lipinski definition) is 1. The van der Waals surface area contributed by atoms with Gasteiger partial charge in [0.05, 0.1) is 25.3 Å². The second-order valence-electron chi connectivity index (χ2n) is 4.58. The van der Waals surface area contributed by atoms with Crippen LogP contribution in [0.5, 0.6) is 11.5 Å². The zero-order chi connectivity index (χ0) is 15.4. The van der Waals surface area contributed by atoms with Crippen molar-refractivity contribution in [1.29, 1.82) is 0 Å². The lowest BCUT2D eigenvalue weighted by molar-refractivity contribution is 0.178. The second-order valence-corrected chi connectivity index (χ2v) is 5.42. The topological polar surface area (TPSA) is 38.7 Å². The Kier molecular flexibility index (Phi) is 5.34. The van der Waals surface area contributed by atoms with E-state index >= 15 is 0 Å². The number of rotatable bonds is 5. The molecule has 0 bridgehead atoms. The van der Waals surface area contributed by atoms with Crippen LogP contribution >= 0.6 is 23.2 Å². The fourth-order valence-corrected chi connectivity index (χ4v) is 2.48. The van der Waals surface area contributed by atoms with Crippen LogP contribution in [-0.2, 0) is 6.42 Å². The molecule has 0 aliphatic carbocycles. The minimum atomic E-state index is -0.738. The standard InChI is InChI=1S/C16H16Cl2O3/c1-20-15-8-12(13(18)9-16(15)21-2)14(19)7-10-3-5-11(17)6-4-10/h3-6,8-9,14,19H,7H2,1-2H3. The summed E-state index contributed by atoms with van der Waals surface area (Å²) in [7, 11) is 3.08. The van der Waals surface area contributed by atoms with Gasteiger partial charge in [-0.15, -0.1) is 0 Å². The molecule has 0 aliphatic heterocycles. The Hall–Kier alpha value is -1.42. The number of halogens is 2. The smallest absolute Gasteiger partial charge is 0.162 e. The number of methoxy groups -OCH3 is 2. The van der Waals surface area contributed by atoms with Crippen molar-refractivity contribution >= 4 is 23.2 Å². The van der Waals surface area contributed by atoms with E-state index in [4.69, 9.17) is 32.7 Å². The molecule has 0 fully saturated rings. The quantitative estimate of drug-likeness (QED) is 0.890. The van der Waals surface area contributed by atoms with Crippen molar-refractivity contribution in [3.8, 4) is 11.5 Å². The van der Waals surface area contributed by atoms with Gasteiger partial charge in [0, 0.05) is 23.1 Å². The van der Waals surface area contributed by atoms with Crippen molar-refractivity contribution < 1.29 is 14.6 Å². The highest BCUT2D eigenvalue weighted by molar-refractivity contribution is 6.31. The zero-order valence-electron chi connectivity index (χ0n) is 11.8. The number of benzene rings is 2. The van der Waals surface area contributed by atoms with E-state index in [9.17, 15) is 5.11 Å². The zero-order valence-corrected chi connectivity index (χ0v) is 13.3. The average molecular weight is 327 g/mol.